The molecular weight excluding hydrogens is 580 g/mol. The molecule has 0 unspecified atom stereocenters. The summed E-state index contributed by atoms with van der Waals surface area (Å²) in [4.78, 5) is 41.3. The van der Waals surface area contributed by atoms with Crippen LogP contribution in [-0.4, -0.2) is 60.3 Å². The van der Waals surface area contributed by atoms with Crippen LogP contribution in [-0.2, 0) is 14.3 Å². The van der Waals surface area contributed by atoms with Gasteiger partial charge in [-0.3, -0.25) is 19.8 Å². The number of hydrogen-bond donors (Lipinski definition) is 4. The summed E-state index contributed by atoms with van der Waals surface area (Å²) in [5.41, 5.74) is 6.39. The summed E-state index contributed by atoms with van der Waals surface area (Å²) in [5, 5.41) is 14.8. The van der Waals surface area contributed by atoms with Crippen LogP contribution in [0, 0.1) is 11.3 Å². The van der Waals surface area contributed by atoms with Crippen molar-refractivity contribution < 1.29 is 32.6 Å². The summed E-state index contributed by atoms with van der Waals surface area (Å²) >= 11 is 1.33. The number of thiophene rings is 1. The fourth-order valence-corrected chi connectivity index (χ4v) is 5.83. The Morgan fingerprint density at radius 3 is 2.35 bits per heavy atom. The highest BCUT2D eigenvalue weighted by atomic mass is 32.1. The molecular formula is C30H33F2N5O5S. The molecule has 2 aromatic carbocycles. The van der Waals surface area contributed by atoms with E-state index in [4.69, 9.17) is 15.9 Å². The van der Waals surface area contributed by atoms with Crippen LogP contribution in [0.3, 0.4) is 0 Å². The van der Waals surface area contributed by atoms with Gasteiger partial charge in [-0.1, -0.05) is 32.0 Å². The summed E-state index contributed by atoms with van der Waals surface area (Å²) in [6.45, 7) is 0.0365. The Kier molecular flexibility index (Phi) is 10.4. The van der Waals surface area contributed by atoms with Crippen molar-refractivity contribution in [3.8, 4) is 11.5 Å². The molecule has 1 saturated heterocycles. The molecule has 3 amide bonds. The zero-order chi connectivity index (χ0) is 31.1. The Balaban J connectivity index is 1.40. The number of nitrogens with one attached hydrogen (secondary N) is 3. The number of nitrogens with zero attached hydrogens (tertiary/aromatic N) is 1. The van der Waals surface area contributed by atoms with Crippen LogP contribution < -0.4 is 21.1 Å². The Labute approximate surface area is 251 Å². The second-order valence-electron chi connectivity index (χ2n) is 10.3. The lowest BCUT2D eigenvalue weighted by molar-refractivity contribution is -0.160. The van der Waals surface area contributed by atoms with Crippen LogP contribution >= 0.6 is 11.3 Å². The van der Waals surface area contributed by atoms with Gasteiger partial charge in [-0.05, 0) is 48.4 Å². The van der Waals surface area contributed by atoms with Gasteiger partial charge in [-0.2, -0.15) is 8.78 Å². The third-order valence-corrected chi connectivity index (χ3v) is 7.89. The molecule has 228 valence electrons. The summed E-state index contributed by atoms with van der Waals surface area (Å²) in [5.74, 6) is -0.688. The van der Waals surface area contributed by atoms with Crippen LogP contribution in [0.25, 0.3) is 0 Å². The van der Waals surface area contributed by atoms with Crippen molar-refractivity contribution in [2.24, 2.45) is 11.7 Å². The fourth-order valence-electron chi connectivity index (χ4n) is 4.70. The minimum Gasteiger partial charge on any atom is -0.457 e. The largest absolute Gasteiger partial charge is 0.457 e. The lowest BCUT2D eigenvalue weighted by Gasteiger charge is -2.27. The van der Waals surface area contributed by atoms with Crippen LogP contribution in [0.2, 0.25) is 0 Å². The summed E-state index contributed by atoms with van der Waals surface area (Å²) < 4.78 is 36.4. The molecule has 0 saturated carbocycles. The molecule has 1 aromatic heterocycles. The quantitative estimate of drug-likeness (QED) is 0.177. The summed E-state index contributed by atoms with van der Waals surface area (Å²) in [6, 6.07) is 15.6. The van der Waals surface area contributed by atoms with E-state index in [1.165, 1.54) is 11.3 Å². The average molecular weight is 614 g/mol. The molecule has 5 N–H and O–H groups in total. The van der Waals surface area contributed by atoms with Crippen LogP contribution in [0.1, 0.15) is 47.1 Å². The Morgan fingerprint density at radius 2 is 1.74 bits per heavy atom. The number of nitrogen functional groups attached to an aromatic ring is 1. The SMILES string of the molecule is CC(C)[C@H](NC(=O)[C@@H]1C[C@@H](OC(F)F)CN1C(=O)CNC(=O)c1ccc(Oc2ccccc2)cc1)c1cc(C(=N)N)cs1. The molecule has 3 atom stereocenters. The van der Waals surface area contributed by atoms with Gasteiger partial charge in [0.25, 0.3) is 5.91 Å². The van der Waals surface area contributed by atoms with E-state index in [0.717, 1.165) is 9.78 Å². The molecule has 3 aromatic rings. The first-order valence-corrected chi connectivity index (χ1v) is 14.5. The third-order valence-electron chi connectivity index (χ3n) is 6.88. The number of hydrogen-bond acceptors (Lipinski definition) is 7. The first-order valence-electron chi connectivity index (χ1n) is 13.6. The minimum atomic E-state index is -3.07. The van der Waals surface area contributed by atoms with Crippen molar-refractivity contribution in [1.82, 2.24) is 15.5 Å². The highest BCUT2D eigenvalue weighted by Gasteiger charge is 2.42. The van der Waals surface area contributed by atoms with Gasteiger partial charge in [0.1, 0.15) is 23.4 Å². The van der Waals surface area contributed by atoms with Crippen molar-refractivity contribution in [3.63, 3.8) is 0 Å². The van der Waals surface area contributed by atoms with E-state index >= 15 is 0 Å². The third kappa shape index (κ3) is 8.36. The van der Waals surface area contributed by atoms with Crippen molar-refractivity contribution in [1.29, 1.82) is 5.41 Å². The highest BCUT2D eigenvalue weighted by molar-refractivity contribution is 7.10. The van der Waals surface area contributed by atoms with Crippen molar-refractivity contribution >= 4 is 34.9 Å². The number of benzene rings is 2. The Bertz CT molecular complexity index is 1430. The van der Waals surface area contributed by atoms with Gasteiger partial charge in [0.05, 0.1) is 18.7 Å². The first-order chi connectivity index (χ1) is 20.5. The van der Waals surface area contributed by atoms with E-state index < -0.39 is 49.1 Å². The molecule has 0 aliphatic carbocycles. The number of likely N-dealkylation sites (tertiary alicyclic amines) is 1. The number of carbonyl (C=O) groups is 3. The average Bonchev–Trinajstić information content (AvgIpc) is 3.63. The van der Waals surface area contributed by atoms with E-state index in [-0.39, 0.29) is 30.3 Å². The van der Waals surface area contributed by atoms with Gasteiger partial charge >= 0.3 is 6.61 Å². The number of para-hydroxylation sites is 1. The zero-order valence-corrected chi connectivity index (χ0v) is 24.4. The number of amidine groups is 1. The Hall–Kier alpha value is -4.36. The number of carbonyl (C=O) groups excluding carboxylic acids is 3. The maximum atomic E-state index is 13.4. The molecule has 43 heavy (non-hydrogen) atoms. The highest BCUT2D eigenvalue weighted by Crippen LogP contribution is 2.30. The fraction of sp³-hybridized carbons (Fsp3) is 0.333. The lowest BCUT2D eigenvalue weighted by atomic mass is 10.0. The predicted molar refractivity (Wildman–Crippen MR) is 157 cm³/mol. The van der Waals surface area contributed by atoms with E-state index in [2.05, 4.69) is 15.4 Å². The molecule has 13 heteroatoms. The number of amides is 3. The number of nitrogens with two attached hydrogens (primary N) is 1. The first kappa shape index (κ1) is 31.6. The number of alkyl halides is 2. The van der Waals surface area contributed by atoms with Crippen molar-refractivity contribution in [2.75, 3.05) is 13.1 Å². The molecule has 4 rings (SSSR count). The number of halogens is 2. The second-order valence-corrected chi connectivity index (χ2v) is 11.3. The van der Waals surface area contributed by atoms with Gasteiger partial charge in [0.2, 0.25) is 11.8 Å². The summed E-state index contributed by atoms with van der Waals surface area (Å²) in [7, 11) is 0. The van der Waals surface area contributed by atoms with Gasteiger partial charge in [-0.25, -0.2) is 0 Å². The Morgan fingerprint density at radius 1 is 1.07 bits per heavy atom. The lowest BCUT2D eigenvalue weighted by Crippen LogP contribution is -2.50. The normalized spacial score (nSPS) is 17.1. The van der Waals surface area contributed by atoms with Gasteiger partial charge in [0, 0.05) is 34.3 Å². The topological polar surface area (TPSA) is 147 Å². The standard InChI is InChI=1S/C30H33F2N5O5S/c1-17(2)26(24-12-19(16-43-24)27(33)34)36-29(40)23-13-22(42-30(31)32)15-37(23)25(38)14-35-28(39)18-8-10-21(11-9-18)41-20-6-4-3-5-7-20/h3-12,16-17,22-23,26,30H,13-15H2,1-2H3,(H3,33,34)(H,35,39)(H,36,40)/t22-,23+,26+/m1/s1. The monoisotopic (exact) mass is 613 g/mol. The number of ether oxygens (including phenoxy) is 2. The number of rotatable bonds is 12. The second kappa shape index (κ2) is 14.2. The van der Waals surface area contributed by atoms with Gasteiger partial charge in [-0.15, -0.1) is 11.3 Å². The molecule has 1 aliphatic heterocycles. The molecule has 0 radical (unpaired) electrons. The molecule has 2 heterocycles. The van der Waals surface area contributed by atoms with Crippen molar-refractivity contribution in [2.45, 2.75) is 45.1 Å². The maximum absolute atomic E-state index is 13.4. The molecule has 1 aliphatic rings. The molecule has 0 spiro atoms. The van der Waals surface area contributed by atoms with Crippen LogP contribution in [0.15, 0.2) is 66.0 Å². The van der Waals surface area contributed by atoms with E-state index in [0.29, 0.717) is 17.1 Å². The predicted octanol–water partition coefficient (Wildman–Crippen LogP) is 4.28. The molecule has 1 fully saturated rings. The minimum absolute atomic E-state index is 0.0650. The molecule has 0 bridgehead atoms. The van der Waals surface area contributed by atoms with Gasteiger partial charge in [0.15, 0.2) is 0 Å². The van der Waals surface area contributed by atoms with Crippen LogP contribution in [0.5, 0.6) is 11.5 Å². The zero-order valence-electron chi connectivity index (χ0n) is 23.6. The maximum Gasteiger partial charge on any atom is 0.345 e. The van der Waals surface area contributed by atoms with Crippen LogP contribution in [0.4, 0.5) is 8.78 Å². The smallest absolute Gasteiger partial charge is 0.345 e. The van der Waals surface area contributed by atoms with E-state index in [9.17, 15) is 23.2 Å². The van der Waals surface area contributed by atoms with Crippen molar-refractivity contribution in [3.05, 3.63) is 82.0 Å². The summed E-state index contributed by atoms with van der Waals surface area (Å²) in [6.07, 6.45) is -1.19. The van der Waals surface area contributed by atoms with E-state index in [1.807, 2.05) is 32.0 Å². The molecule has 10 nitrogen and oxygen atoms in total. The van der Waals surface area contributed by atoms with E-state index in [1.54, 1.807) is 47.8 Å². The van der Waals surface area contributed by atoms with Gasteiger partial charge < -0.3 is 30.7 Å².